The van der Waals surface area contributed by atoms with Gasteiger partial charge in [0.2, 0.25) is 5.95 Å². The average Bonchev–Trinajstić information content (AvgIpc) is 2.61. The van der Waals surface area contributed by atoms with Crippen molar-refractivity contribution in [3.63, 3.8) is 0 Å². The molecular weight excluding hydrogens is 292 g/mol. The Morgan fingerprint density at radius 1 is 1.30 bits per heavy atom. The van der Waals surface area contributed by atoms with Gasteiger partial charge >= 0.3 is 0 Å². The lowest BCUT2D eigenvalue weighted by atomic mass is 9.87. The van der Waals surface area contributed by atoms with E-state index >= 15 is 0 Å². The first-order valence-electron chi connectivity index (χ1n) is 8.75. The van der Waals surface area contributed by atoms with Crippen LogP contribution in [0.3, 0.4) is 0 Å². The third-order valence-corrected chi connectivity index (χ3v) is 4.63. The molecule has 0 bridgehead atoms. The Kier molecular flexibility index (Phi) is 5.67. The minimum Gasteiger partial charge on any atom is -0.378 e. The van der Waals surface area contributed by atoms with Crippen LogP contribution in [0.1, 0.15) is 26.7 Å². The SMILES string of the molecule is CC(C)[C@@H]1OCCC[C@H]1CNc1ccnc(N2CCOCC2)n1. The Balaban J connectivity index is 1.59. The average molecular weight is 320 g/mol. The molecule has 3 rings (SSSR count). The van der Waals surface area contributed by atoms with Gasteiger partial charge in [0.05, 0.1) is 19.3 Å². The summed E-state index contributed by atoms with van der Waals surface area (Å²) >= 11 is 0. The lowest BCUT2D eigenvalue weighted by Gasteiger charge is -2.34. The second-order valence-electron chi connectivity index (χ2n) is 6.70. The molecule has 2 aliphatic rings. The summed E-state index contributed by atoms with van der Waals surface area (Å²) in [5.74, 6) is 2.79. The van der Waals surface area contributed by atoms with Gasteiger partial charge < -0.3 is 19.7 Å². The summed E-state index contributed by atoms with van der Waals surface area (Å²) < 4.78 is 11.4. The number of ether oxygens (including phenoxy) is 2. The number of anilines is 2. The van der Waals surface area contributed by atoms with Gasteiger partial charge in [-0.1, -0.05) is 13.8 Å². The molecule has 3 heterocycles. The van der Waals surface area contributed by atoms with Crippen molar-refractivity contribution in [1.29, 1.82) is 0 Å². The minimum atomic E-state index is 0.344. The molecule has 0 aliphatic carbocycles. The number of rotatable bonds is 5. The first-order chi connectivity index (χ1) is 11.2. The number of hydrogen-bond acceptors (Lipinski definition) is 6. The molecule has 2 fully saturated rings. The van der Waals surface area contributed by atoms with E-state index in [0.29, 0.717) is 17.9 Å². The van der Waals surface area contributed by atoms with Crippen LogP contribution < -0.4 is 10.2 Å². The van der Waals surface area contributed by atoms with E-state index in [-0.39, 0.29) is 0 Å². The summed E-state index contributed by atoms with van der Waals surface area (Å²) in [7, 11) is 0. The lowest BCUT2D eigenvalue weighted by Crippen LogP contribution is -2.38. The van der Waals surface area contributed by atoms with Crippen molar-refractivity contribution in [1.82, 2.24) is 9.97 Å². The maximum atomic E-state index is 5.96. The number of morpholine rings is 1. The van der Waals surface area contributed by atoms with Crippen LogP contribution in [0.15, 0.2) is 12.3 Å². The Labute approximate surface area is 138 Å². The van der Waals surface area contributed by atoms with Crippen LogP contribution in [-0.2, 0) is 9.47 Å². The molecule has 23 heavy (non-hydrogen) atoms. The van der Waals surface area contributed by atoms with Crippen molar-refractivity contribution in [3.8, 4) is 0 Å². The standard InChI is InChI=1S/C17H28N4O2/c1-13(2)16-14(4-3-9-23-16)12-19-15-5-6-18-17(20-15)21-7-10-22-11-8-21/h5-6,13-14,16H,3-4,7-12H2,1-2H3,(H,18,19,20)/t14-,16-/m0/s1. The Bertz CT molecular complexity index is 491. The third-order valence-electron chi connectivity index (χ3n) is 4.63. The smallest absolute Gasteiger partial charge is 0.227 e. The quantitative estimate of drug-likeness (QED) is 0.897. The molecular formula is C17H28N4O2. The summed E-state index contributed by atoms with van der Waals surface area (Å²) in [5, 5.41) is 3.49. The monoisotopic (exact) mass is 320 g/mol. The molecule has 0 spiro atoms. The van der Waals surface area contributed by atoms with Crippen LogP contribution in [0.25, 0.3) is 0 Å². The summed E-state index contributed by atoms with van der Waals surface area (Å²) in [5.41, 5.74) is 0. The number of aromatic nitrogens is 2. The molecule has 6 heteroatoms. The highest BCUT2D eigenvalue weighted by molar-refractivity contribution is 5.41. The maximum absolute atomic E-state index is 5.96. The number of nitrogens with one attached hydrogen (secondary N) is 1. The largest absolute Gasteiger partial charge is 0.378 e. The third kappa shape index (κ3) is 4.32. The zero-order valence-electron chi connectivity index (χ0n) is 14.2. The fourth-order valence-electron chi connectivity index (χ4n) is 3.42. The molecule has 2 atom stereocenters. The molecule has 0 saturated carbocycles. The lowest BCUT2D eigenvalue weighted by molar-refractivity contribution is -0.0481. The van der Waals surface area contributed by atoms with E-state index in [1.807, 2.05) is 12.3 Å². The highest BCUT2D eigenvalue weighted by atomic mass is 16.5. The summed E-state index contributed by atoms with van der Waals surface area (Å²) in [6.07, 6.45) is 4.55. The van der Waals surface area contributed by atoms with Crippen molar-refractivity contribution < 1.29 is 9.47 Å². The molecule has 1 aromatic rings. The van der Waals surface area contributed by atoms with Gasteiger partial charge in [0.1, 0.15) is 5.82 Å². The van der Waals surface area contributed by atoms with Gasteiger partial charge in [-0.15, -0.1) is 0 Å². The van der Waals surface area contributed by atoms with Crippen LogP contribution in [0.4, 0.5) is 11.8 Å². The maximum Gasteiger partial charge on any atom is 0.227 e. The predicted molar refractivity (Wildman–Crippen MR) is 90.9 cm³/mol. The summed E-state index contributed by atoms with van der Waals surface area (Å²) in [4.78, 5) is 11.2. The van der Waals surface area contributed by atoms with Crippen LogP contribution in [0.5, 0.6) is 0 Å². The molecule has 0 aromatic carbocycles. The van der Waals surface area contributed by atoms with Gasteiger partial charge in [0.15, 0.2) is 0 Å². The first-order valence-corrected chi connectivity index (χ1v) is 8.75. The van der Waals surface area contributed by atoms with Gasteiger partial charge in [-0.3, -0.25) is 0 Å². The van der Waals surface area contributed by atoms with E-state index in [1.165, 1.54) is 6.42 Å². The predicted octanol–water partition coefficient (Wildman–Crippen LogP) is 2.18. The minimum absolute atomic E-state index is 0.344. The molecule has 0 amide bonds. The van der Waals surface area contributed by atoms with Gasteiger partial charge in [0.25, 0.3) is 0 Å². The van der Waals surface area contributed by atoms with Crippen LogP contribution in [0, 0.1) is 11.8 Å². The van der Waals surface area contributed by atoms with Crippen molar-refractivity contribution >= 4 is 11.8 Å². The second-order valence-corrected chi connectivity index (χ2v) is 6.70. The fourth-order valence-corrected chi connectivity index (χ4v) is 3.42. The second kappa shape index (κ2) is 7.93. The zero-order valence-corrected chi connectivity index (χ0v) is 14.2. The Morgan fingerprint density at radius 3 is 2.91 bits per heavy atom. The van der Waals surface area contributed by atoms with E-state index in [4.69, 9.17) is 9.47 Å². The van der Waals surface area contributed by atoms with E-state index in [0.717, 1.165) is 57.6 Å². The van der Waals surface area contributed by atoms with Gasteiger partial charge in [-0.05, 0) is 24.8 Å². The van der Waals surface area contributed by atoms with E-state index in [9.17, 15) is 0 Å². The van der Waals surface area contributed by atoms with Crippen LogP contribution in [-0.4, -0.2) is 55.5 Å². The van der Waals surface area contributed by atoms with E-state index in [1.54, 1.807) is 0 Å². The molecule has 6 nitrogen and oxygen atoms in total. The molecule has 1 N–H and O–H groups in total. The van der Waals surface area contributed by atoms with Crippen molar-refractivity contribution in [2.24, 2.45) is 11.8 Å². The van der Waals surface area contributed by atoms with Gasteiger partial charge in [-0.25, -0.2) is 4.98 Å². The fraction of sp³-hybridized carbons (Fsp3) is 0.765. The molecule has 0 unspecified atom stereocenters. The van der Waals surface area contributed by atoms with E-state index < -0.39 is 0 Å². The number of hydrogen-bond donors (Lipinski definition) is 1. The van der Waals surface area contributed by atoms with Crippen molar-refractivity contribution in [2.75, 3.05) is 49.7 Å². The number of nitrogens with zero attached hydrogens (tertiary/aromatic N) is 3. The molecule has 2 aliphatic heterocycles. The van der Waals surface area contributed by atoms with E-state index in [2.05, 4.69) is 34.0 Å². The Morgan fingerprint density at radius 2 is 2.13 bits per heavy atom. The molecule has 0 radical (unpaired) electrons. The molecule has 1 aromatic heterocycles. The summed E-state index contributed by atoms with van der Waals surface area (Å²) in [6.45, 7) is 9.49. The summed E-state index contributed by atoms with van der Waals surface area (Å²) in [6, 6.07) is 1.94. The zero-order chi connectivity index (χ0) is 16.1. The van der Waals surface area contributed by atoms with Gasteiger partial charge in [0, 0.05) is 38.4 Å². The first kappa shape index (κ1) is 16.5. The molecule has 2 saturated heterocycles. The normalized spacial score (nSPS) is 25.6. The van der Waals surface area contributed by atoms with Crippen molar-refractivity contribution in [2.45, 2.75) is 32.8 Å². The highest BCUT2D eigenvalue weighted by Gasteiger charge is 2.28. The topological polar surface area (TPSA) is 59.5 Å². The van der Waals surface area contributed by atoms with Crippen molar-refractivity contribution in [3.05, 3.63) is 12.3 Å². The van der Waals surface area contributed by atoms with Crippen LogP contribution >= 0.6 is 0 Å². The molecule has 128 valence electrons. The van der Waals surface area contributed by atoms with Crippen LogP contribution in [0.2, 0.25) is 0 Å². The Hall–Kier alpha value is -1.40. The van der Waals surface area contributed by atoms with Gasteiger partial charge in [-0.2, -0.15) is 4.98 Å². The highest BCUT2D eigenvalue weighted by Crippen LogP contribution is 2.26.